The minimum atomic E-state index is -4.54. The van der Waals surface area contributed by atoms with E-state index in [0.29, 0.717) is 11.8 Å². The Labute approximate surface area is 213 Å². The molecule has 2 aromatic rings. The minimum Gasteiger partial charge on any atom is -0.486 e. The van der Waals surface area contributed by atoms with E-state index in [-0.39, 0.29) is 48.5 Å². The van der Waals surface area contributed by atoms with Crippen LogP contribution in [0.1, 0.15) is 52.6 Å². The van der Waals surface area contributed by atoms with Gasteiger partial charge in [0.1, 0.15) is 17.5 Å². The number of sulfonamides is 1. The van der Waals surface area contributed by atoms with Crippen molar-refractivity contribution in [3.8, 4) is 11.6 Å². The van der Waals surface area contributed by atoms with Crippen molar-refractivity contribution in [3.63, 3.8) is 0 Å². The molecule has 0 saturated carbocycles. The standard InChI is InChI=1S/C23H29F2N3O8S/c1-5-34-21-18(13-27(26-21)22(24)25)37(32,33)28-12-15(7-9-19(29)30)35-17-8-6-14(10-16(17)28)11-20(31)36-23(2,3)4/h6,8,10,13,15,22H,5,7,9,11-12H2,1-4H3,(H,29,30)/t15-/m0/s1. The van der Waals surface area contributed by atoms with Crippen molar-refractivity contribution in [2.45, 2.75) is 70.1 Å². The summed E-state index contributed by atoms with van der Waals surface area (Å²) in [5, 5.41) is 12.6. The highest BCUT2D eigenvalue weighted by Gasteiger charge is 2.38. The molecule has 0 amide bonds. The molecule has 0 spiro atoms. The molecule has 37 heavy (non-hydrogen) atoms. The summed E-state index contributed by atoms with van der Waals surface area (Å²) in [5.74, 6) is -2.00. The van der Waals surface area contributed by atoms with E-state index in [1.807, 2.05) is 0 Å². The van der Waals surface area contributed by atoms with E-state index < -0.39 is 51.0 Å². The van der Waals surface area contributed by atoms with Gasteiger partial charge in [-0.25, -0.2) is 13.1 Å². The molecule has 0 fully saturated rings. The molecular weight excluding hydrogens is 516 g/mol. The molecule has 0 saturated heterocycles. The molecule has 1 aliphatic rings. The van der Waals surface area contributed by atoms with Gasteiger partial charge in [-0.1, -0.05) is 6.07 Å². The van der Waals surface area contributed by atoms with Gasteiger partial charge in [0.2, 0.25) is 0 Å². The molecule has 1 aromatic heterocycles. The second-order valence-electron chi connectivity index (χ2n) is 9.26. The van der Waals surface area contributed by atoms with Gasteiger partial charge >= 0.3 is 18.5 Å². The van der Waals surface area contributed by atoms with Crippen LogP contribution in [-0.4, -0.2) is 60.1 Å². The number of esters is 1. The molecule has 11 nitrogen and oxygen atoms in total. The fraction of sp³-hybridized carbons (Fsp3) is 0.522. The van der Waals surface area contributed by atoms with Gasteiger partial charge in [-0.15, -0.1) is 5.10 Å². The number of halogens is 2. The number of carboxylic acid groups (broad SMARTS) is 1. The summed E-state index contributed by atoms with van der Waals surface area (Å²) >= 11 is 0. The van der Waals surface area contributed by atoms with E-state index >= 15 is 0 Å². The van der Waals surface area contributed by atoms with E-state index in [1.54, 1.807) is 33.8 Å². The number of nitrogens with zero attached hydrogens (tertiary/aromatic N) is 3. The maximum Gasteiger partial charge on any atom is 0.333 e. The SMILES string of the molecule is CCOc1nn(C(F)F)cc1S(=O)(=O)N1C[C@H](CCC(=O)O)Oc2ccc(CC(=O)OC(C)(C)C)cc21. The number of rotatable bonds is 10. The summed E-state index contributed by atoms with van der Waals surface area (Å²) < 4.78 is 71.7. The fourth-order valence-corrected chi connectivity index (χ4v) is 5.23. The molecule has 204 valence electrons. The minimum absolute atomic E-state index is 0.00489. The lowest BCUT2D eigenvalue weighted by atomic mass is 10.1. The molecule has 1 atom stereocenters. The van der Waals surface area contributed by atoms with E-state index in [2.05, 4.69) is 5.10 Å². The van der Waals surface area contributed by atoms with Gasteiger partial charge in [-0.05, 0) is 51.8 Å². The topological polar surface area (TPSA) is 137 Å². The first-order valence-corrected chi connectivity index (χ1v) is 12.9. The van der Waals surface area contributed by atoms with Gasteiger partial charge in [0.15, 0.2) is 4.90 Å². The van der Waals surface area contributed by atoms with Crippen molar-refractivity contribution >= 4 is 27.6 Å². The van der Waals surface area contributed by atoms with E-state index in [0.717, 1.165) is 4.31 Å². The number of hydrogen-bond donors (Lipinski definition) is 1. The molecule has 14 heteroatoms. The number of carbonyl (C=O) groups excluding carboxylic acids is 1. The predicted molar refractivity (Wildman–Crippen MR) is 126 cm³/mol. The van der Waals surface area contributed by atoms with Crippen molar-refractivity contribution in [1.29, 1.82) is 0 Å². The maximum absolute atomic E-state index is 13.8. The lowest BCUT2D eigenvalue weighted by Gasteiger charge is -2.35. The second-order valence-corrected chi connectivity index (χ2v) is 11.1. The molecule has 0 bridgehead atoms. The number of benzene rings is 1. The third-order valence-corrected chi connectivity index (χ3v) is 6.88. The van der Waals surface area contributed by atoms with Crippen LogP contribution in [-0.2, 0) is 30.8 Å². The molecule has 2 heterocycles. The number of ether oxygens (including phenoxy) is 3. The Hall–Kier alpha value is -3.42. The van der Waals surface area contributed by atoms with Crippen molar-refractivity contribution < 1.29 is 46.1 Å². The van der Waals surface area contributed by atoms with Crippen molar-refractivity contribution in [3.05, 3.63) is 30.0 Å². The smallest absolute Gasteiger partial charge is 0.333 e. The van der Waals surface area contributed by atoms with Gasteiger partial charge in [0, 0.05) is 6.42 Å². The highest BCUT2D eigenvalue weighted by Crippen LogP contribution is 2.40. The number of carboxylic acids is 1. The van der Waals surface area contributed by atoms with Gasteiger partial charge < -0.3 is 19.3 Å². The van der Waals surface area contributed by atoms with Crippen LogP contribution in [0.4, 0.5) is 14.5 Å². The molecule has 3 rings (SSSR count). The van der Waals surface area contributed by atoms with E-state index in [4.69, 9.17) is 19.3 Å². The fourth-order valence-electron chi connectivity index (χ4n) is 3.66. The van der Waals surface area contributed by atoms with Crippen LogP contribution in [0.5, 0.6) is 11.6 Å². The number of aromatic nitrogens is 2. The van der Waals surface area contributed by atoms with Crippen LogP contribution in [0.25, 0.3) is 0 Å². The Balaban J connectivity index is 2.05. The Morgan fingerprint density at radius 2 is 2.00 bits per heavy atom. The Morgan fingerprint density at radius 1 is 1.30 bits per heavy atom. The van der Waals surface area contributed by atoms with E-state index in [1.165, 1.54) is 12.1 Å². The summed E-state index contributed by atoms with van der Waals surface area (Å²) in [4.78, 5) is 22.8. The quantitative estimate of drug-likeness (QED) is 0.445. The molecule has 0 radical (unpaired) electrons. The van der Waals surface area contributed by atoms with Crippen LogP contribution >= 0.6 is 0 Å². The van der Waals surface area contributed by atoms with Crippen molar-refractivity contribution in [2.24, 2.45) is 0 Å². The monoisotopic (exact) mass is 545 g/mol. The van der Waals surface area contributed by atoms with Crippen LogP contribution in [0.3, 0.4) is 0 Å². The number of aliphatic carboxylic acids is 1. The zero-order valence-electron chi connectivity index (χ0n) is 20.8. The Kier molecular flexibility index (Phi) is 8.30. The number of anilines is 1. The molecule has 1 N–H and O–H groups in total. The third kappa shape index (κ3) is 6.87. The summed E-state index contributed by atoms with van der Waals surface area (Å²) in [6.45, 7) is 3.26. The summed E-state index contributed by atoms with van der Waals surface area (Å²) in [7, 11) is -4.54. The Morgan fingerprint density at radius 3 is 2.59 bits per heavy atom. The van der Waals surface area contributed by atoms with Crippen molar-refractivity contribution in [1.82, 2.24) is 9.78 Å². The Bertz CT molecular complexity index is 1260. The number of carbonyl (C=O) groups is 2. The van der Waals surface area contributed by atoms with Crippen LogP contribution in [0.15, 0.2) is 29.3 Å². The summed E-state index contributed by atoms with van der Waals surface area (Å²) in [5.41, 5.74) is -0.240. The normalized spacial score (nSPS) is 15.8. The predicted octanol–water partition coefficient (Wildman–Crippen LogP) is 3.38. The average molecular weight is 546 g/mol. The first-order chi connectivity index (χ1) is 17.2. The van der Waals surface area contributed by atoms with Gasteiger partial charge in [0.05, 0.1) is 31.5 Å². The number of alkyl halides is 2. The highest BCUT2D eigenvalue weighted by atomic mass is 32.2. The van der Waals surface area contributed by atoms with Gasteiger partial charge in [0.25, 0.3) is 15.9 Å². The zero-order valence-corrected chi connectivity index (χ0v) is 21.6. The maximum atomic E-state index is 13.8. The number of fused-ring (bicyclic) bond motifs is 1. The van der Waals surface area contributed by atoms with Crippen molar-refractivity contribution in [2.75, 3.05) is 17.5 Å². The van der Waals surface area contributed by atoms with E-state index in [9.17, 15) is 26.8 Å². The molecule has 1 aromatic carbocycles. The zero-order chi connectivity index (χ0) is 27.5. The largest absolute Gasteiger partial charge is 0.486 e. The lowest BCUT2D eigenvalue weighted by molar-refractivity contribution is -0.154. The molecule has 0 aliphatic carbocycles. The van der Waals surface area contributed by atoms with Gasteiger partial charge in [-0.2, -0.15) is 8.78 Å². The highest BCUT2D eigenvalue weighted by molar-refractivity contribution is 7.93. The summed E-state index contributed by atoms with van der Waals surface area (Å²) in [6, 6.07) is 4.46. The first kappa shape index (κ1) is 28.2. The number of hydrogen-bond acceptors (Lipinski definition) is 8. The molecule has 1 aliphatic heterocycles. The molecular formula is C23H29F2N3O8S. The van der Waals surface area contributed by atoms with Crippen LogP contribution in [0, 0.1) is 0 Å². The van der Waals surface area contributed by atoms with Gasteiger partial charge in [-0.3, -0.25) is 13.9 Å². The molecule has 0 unspecified atom stereocenters. The average Bonchev–Trinajstić information content (AvgIpc) is 3.21. The van der Waals surface area contributed by atoms with Crippen LogP contribution in [0.2, 0.25) is 0 Å². The second kappa shape index (κ2) is 10.9. The lowest BCUT2D eigenvalue weighted by Crippen LogP contribution is -2.43. The summed E-state index contributed by atoms with van der Waals surface area (Å²) in [6.07, 6.45) is -0.603. The third-order valence-electron chi connectivity index (χ3n) is 5.12. The van der Waals surface area contributed by atoms with Crippen LogP contribution < -0.4 is 13.8 Å². The first-order valence-electron chi connectivity index (χ1n) is 11.5.